The fourth-order valence-corrected chi connectivity index (χ4v) is 3.19. The summed E-state index contributed by atoms with van der Waals surface area (Å²) in [5.74, 6) is 0.0533. The number of anilines is 1. The normalized spacial score (nSPS) is 17.9. The lowest BCUT2D eigenvalue weighted by molar-refractivity contribution is -0.141. The summed E-state index contributed by atoms with van der Waals surface area (Å²) in [6, 6.07) is 5.12. The maximum Gasteiger partial charge on any atom is 0.327 e. The van der Waals surface area contributed by atoms with E-state index < -0.39 is 18.0 Å². The first-order valence-electron chi connectivity index (χ1n) is 6.10. The zero-order chi connectivity index (χ0) is 15.4. The van der Waals surface area contributed by atoms with E-state index in [-0.39, 0.29) is 5.02 Å². The third-order valence-electron chi connectivity index (χ3n) is 3.02. The molecular formula is C13H12ClN3O3S. The second-order valence-electron chi connectivity index (χ2n) is 4.36. The zero-order valence-corrected chi connectivity index (χ0v) is 12.4. The summed E-state index contributed by atoms with van der Waals surface area (Å²) in [6.45, 7) is 0.372. The van der Waals surface area contributed by atoms with E-state index >= 15 is 0 Å². The smallest absolute Gasteiger partial charge is 0.327 e. The van der Waals surface area contributed by atoms with Gasteiger partial charge in [-0.15, -0.1) is 0 Å². The van der Waals surface area contributed by atoms with Gasteiger partial charge in [0.25, 0.3) is 0 Å². The first-order valence-corrected chi connectivity index (χ1v) is 7.64. The molecular weight excluding hydrogens is 314 g/mol. The summed E-state index contributed by atoms with van der Waals surface area (Å²) in [7, 11) is 0. The molecule has 0 spiro atoms. The van der Waals surface area contributed by atoms with Crippen molar-refractivity contribution in [3.63, 3.8) is 0 Å². The number of urea groups is 1. The van der Waals surface area contributed by atoms with Crippen LogP contribution in [0.4, 0.5) is 10.5 Å². The number of carbonyl (C=O) groups excluding carboxylic acids is 1. The quantitative estimate of drug-likeness (QED) is 0.869. The van der Waals surface area contributed by atoms with E-state index in [9.17, 15) is 9.59 Å². The van der Waals surface area contributed by atoms with Crippen LogP contribution in [-0.2, 0) is 4.79 Å². The predicted octanol–water partition coefficient (Wildman–Crippen LogP) is 2.25. The van der Waals surface area contributed by atoms with Crippen LogP contribution in [0, 0.1) is 11.3 Å². The summed E-state index contributed by atoms with van der Waals surface area (Å²) in [5.41, 5.74) is 0.735. The highest BCUT2D eigenvalue weighted by atomic mass is 35.5. The average Bonchev–Trinajstić information content (AvgIpc) is 2.47. The second kappa shape index (κ2) is 6.70. The molecule has 21 heavy (non-hydrogen) atoms. The minimum absolute atomic E-state index is 0.235. The van der Waals surface area contributed by atoms with Crippen LogP contribution in [0.2, 0.25) is 5.02 Å². The van der Waals surface area contributed by atoms with Gasteiger partial charge in [0.1, 0.15) is 12.1 Å². The Bertz CT molecular complexity index is 617. The Morgan fingerprint density at radius 2 is 2.29 bits per heavy atom. The minimum atomic E-state index is -1.02. The molecule has 1 aromatic carbocycles. The number of nitrogens with zero attached hydrogens (tertiary/aromatic N) is 2. The highest BCUT2D eigenvalue weighted by molar-refractivity contribution is 7.99. The molecule has 6 nitrogen and oxygen atoms in total. The molecule has 1 saturated heterocycles. The first-order chi connectivity index (χ1) is 10.0. The van der Waals surface area contributed by atoms with Crippen molar-refractivity contribution < 1.29 is 14.7 Å². The number of thioether (sulfide) groups is 1. The van der Waals surface area contributed by atoms with Crippen LogP contribution >= 0.6 is 23.4 Å². The first kappa shape index (κ1) is 15.5. The number of carboxylic acids is 1. The van der Waals surface area contributed by atoms with Crippen LogP contribution < -0.4 is 5.32 Å². The van der Waals surface area contributed by atoms with E-state index in [1.54, 1.807) is 6.07 Å². The van der Waals surface area contributed by atoms with Gasteiger partial charge in [-0.05, 0) is 18.2 Å². The molecule has 2 amide bonds. The van der Waals surface area contributed by atoms with Crippen LogP contribution in [-0.4, -0.2) is 46.1 Å². The summed E-state index contributed by atoms with van der Waals surface area (Å²) in [6.07, 6.45) is 0. The number of carboxylic acid groups (broad SMARTS) is 1. The number of hydrogen-bond acceptors (Lipinski definition) is 4. The lowest BCUT2D eigenvalue weighted by Crippen LogP contribution is -2.51. The van der Waals surface area contributed by atoms with Gasteiger partial charge < -0.3 is 15.3 Å². The summed E-state index contributed by atoms with van der Waals surface area (Å²) >= 11 is 7.40. The van der Waals surface area contributed by atoms with Gasteiger partial charge >= 0.3 is 12.0 Å². The van der Waals surface area contributed by atoms with Crippen LogP contribution in [0.15, 0.2) is 18.2 Å². The maximum absolute atomic E-state index is 12.2. The van der Waals surface area contributed by atoms with Gasteiger partial charge in [0.05, 0.1) is 10.6 Å². The average molecular weight is 326 g/mol. The van der Waals surface area contributed by atoms with Gasteiger partial charge in [-0.2, -0.15) is 17.0 Å². The monoisotopic (exact) mass is 325 g/mol. The number of nitriles is 1. The molecule has 1 atom stereocenters. The minimum Gasteiger partial charge on any atom is -0.480 e. The number of carbonyl (C=O) groups is 2. The van der Waals surface area contributed by atoms with E-state index in [2.05, 4.69) is 5.32 Å². The van der Waals surface area contributed by atoms with E-state index in [0.717, 1.165) is 0 Å². The largest absolute Gasteiger partial charge is 0.480 e. The van der Waals surface area contributed by atoms with Crippen molar-refractivity contribution in [3.05, 3.63) is 28.8 Å². The van der Waals surface area contributed by atoms with E-state index in [1.165, 1.54) is 28.8 Å². The van der Waals surface area contributed by atoms with Gasteiger partial charge in [-0.1, -0.05) is 11.6 Å². The van der Waals surface area contributed by atoms with Crippen molar-refractivity contribution in [1.29, 1.82) is 5.26 Å². The number of amides is 2. The number of halogens is 1. The van der Waals surface area contributed by atoms with Crippen molar-refractivity contribution in [1.82, 2.24) is 4.90 Å². The molecule has 0 saturated carbocycles. The molecule has 8 heteroatoms. The van der Waals surface area contributed by atoms with E-state index in [4.69, 9.17) is 22.0 Å². The lowest BCUT2D eigenvalue weighted by Gasteiger charge is -2.32. The van der Waals surface area contributed by atoms with Crippen LogP contribution in [0.5, 0.6) is 0 Å². The number of hydrogen-bond donors (Lipinski definition) is 2. The molecule has 1 fully saturated rings. The number of rotatable bonds is 2. The lowest BCUT2D eigenvalue weighted by atomic mass is 10.2. The fourth-order valence-electron chi connectivity index (χ4n) is 1.93. The predicted molar refractivity (Wildman–Crippen MR) is 80.6 cm³/mol. The molecule has 0 aromatic heterocycles. The summed E-state index contributed by atoms with van der Waals surface area (Å²) < 4.78 is 0. The molecule has 110 valence electrons. The molecule has 1 unspecified atom stereocenters. The zero-order valence-electron chi connectivity index (χ0n) is 10.9. The van der Waals surface area contributed by atoms with Crippen LogP contribution in [0.1, 0.15) is 5.56 Å². The molecule has 0 aliphatic carbocycles. The number of benzene rings is 1. The fraction of sp³-hybridized carbons (Fsp3) is 0.308. The summed E-state index contributed by atoms with van der Waals surface area (Å²) in [5, 5.41) is 20.8. The van der Waals surface area contributed by atoms with Gasteiger partial charge in [0, 0.05) is 23.7 Å². The second-order valence-corrected chi connectivity index (χ2v) is 5.92. The van der Waals surface area contributed by atoms with Gasteiger partial charge in [-0.25, -0.2) is 9.59 Å². The number of nitrogens with one attached hydrogen (secondary N) is 1. The highest BCUT2D eigenvalue weighted by Gasteiger charge is 2.32. The maximum atomic E-state index is 12.2. The standard InChI is InChI=1S/C13H12ClN3O3S/c14-10-5-9(2-1-8(10)6-15)16-13(20)17-3-4-21-7-11(17)12(18)19/h1-2,5,11H,3-4,7H2,(H,16,20)(H,18,19). The van der Waals surface area contributed by atoms with Crippen molar-refractivity contribution in [2.45, 2.75) is 6.04 Å². The SMILES string of the molecule is N#Cc1ccc(NC(=O)N2CCSCC2C(=O)O)cc1Cl. The molecule has 0 bridgehead atoms. The molecule has 1 aliphatic heterocycles. The Morgan fingerprint density at radius 3 is 2.90 bits per heavy atom. The molecule has 2 N–H and O–H groups in total. The summed E-state index contributed by atoms with van der Waals surface area (Å²) in [4.78, 5) is 24.6. The number of aliphatic carboxylic acids is 1. The Morgan fingerprint density at radius 1 is 1.52 bits per heavy atom. The Balaban J connectivity index is 2.11. The van der Waals surface area contributed by atoms with E-state index in [1.807, 2.05) is 6.07 Å². The highest BCUT2D eigenvalue weighted by Crippen LogP contribution is 2.22. The van der Waals surface area contributed by atoms with Crippen LogP contribution in [0.3, 0.4) is 0 Å². The van der Waals surface area contributed by atoms with Crippen molar-refractivity contribution in [2.24, 2.45) is 0 Å². The van der Waals surface area contributed by atoms with Crippen molar-refractivity contribution in [3.8, 4) is 6.07 Å². The molecule has 1 heterocycles. The van der Waals surface area contributed by atoms with Gasteiger partial charge in [0.2, 0.25) is 0 Å². The Hall–Kier alpha value is -1.91. The van der Waals surface area contributed by atoms with E-state index in [0.29, 0.717) is 29.3 Å². The van der Waals surface area contributed by atoms with Crippen LogP contribution in [0.25, 0.3) is 0 Å². The van der Waals surface area contributed by atoms with Gasteiger partial charge in [-0.3, -0.25) is 0 Å². The third kappa shape index (κ3) is 3.60. The molecule has 1 aromatic rings. The molecule has 2 rings (SSSR count). The topological polar surface area (TPSA) is 93.4 Å². The Labute approximate surface area is 130 Å². The van der Waals surface area contributed by atoms with Crippen molar-refractivity contribution in [2.75, 3.05) is 23.4 Å². The Kier molecular flexibility index (Phi) is 4.94. The third-order valence-corrected chi connectivity index (χ3v) is 4.35. The van der Waals surface area contributed by atoms with Crippen molar-refractivity contribution >= 4 is 41.1 Å². The molecule has 0 radical (unpaired) electrons. The molecule has 1 aliphatic rings. The van der Waals surface area contributed by atoms with Gasteiger partial charge in [0.15, 0.2) is 0 Å².